The van der Waals surface area contributed by atoms with Crippen LogP contribution >= 0.6 is 0 Å². The van der Waals surface area contributed by atoms with E-state index in [4.69, 9.17) is 4.74 Å². The van der Waals surface area contributed by atoms with Crippen LogP contribution in [0, 0.1) is 11.3 Å². The molecule has 0 atom stereocenters. The second-order valence-corrected chi connectivity index (χ2v) is 8.61. The summed E-state index contributed by atoms with van der Waals surface area (Å²) in [5.41, 5.74) is -0.580. The standard InChI is InChI=1S/C20H36N4O4/c1-5-19(2,3)15-6-8-20(9-7-15)17(26)24(18(27)23-20)14-16(25)22-11-10-21-12-13-28-4/h15,21H,5-14H2,1-4H3,(H,22,25)(H,23,27). The number of amides is 4. The van der Waals surface area contributed by atoms with Crippen LogP contribution in [0.2, 0.25) is 0 Å². The molecule has 1 heterocycles. The van der Waals surface area contributed by atoms with Crippen LogP contribution in [0.1, 0.15) is 52.9 Å². The quantitative estimate of drug-likeness (QED) is 0.381. The maximum atomic E-state index is 12.9. The molecule has 3 N–H and O–H groups in total. The highest BCUT2D eigenvalue weighted by atomic mass is 16.5. The van der Waals surface area contributed by atoms with E-state index in [1.807, 2.05) is 0 Å². The van der Waals surface area contributed by atoms with Gasteiger partial charge in [0, 0.05) is 26.7 Å². The molecule has 8 nitrogen and oxygen atoms in total. The average Bonchev–Trinajstić information content (AvgIpc) is 2.89. The summed E-state index contributed by atoms with van der Waals surface area (Å²) in [6, 6.07) is -0.452. The van der Waals surface area contributed by atoms with Crippen molar-refractivity contribution in [1.29, 1.82) is 0 Å². The maximum absolute atomic E-state index is 12.9. The first-order valence-electron chi connectivity index (χ1n) is 10.4. The largest absolute Gasteiger partial charge is 0.383 e. The average molecular weight is 397 g/mol. The molecule has 0 radical (unpaired) electrons. The van der Waals surface area contributed by atoms with E-state index in [9.17, 15) is 14.4 Å². The van der Waals surface area contributed by atoms with Gasteiger partial charge in [0.05, 0.1) is 6.61 Å². The van der Waals surface area contributed by atoms with Crippen LogP contribution < -0.4 is 16.0 Å². The molecule has 2 rings (SSSR count). The molecule has 0 unspecified atom stereocenters. The van der Waals surface area contributed by atoms with Crippen LogP contribution in [0.25, 0.3) is 0 Å². The van der Waals surface area contributed by atoms with Gasteiger partial charge in [-0.25, -0.2) is 4.79 Å². The highest BCUT2D eigenvalue weighted by molar-refractivity contribution is 6.09. The summed E-state index contributed by atoms with van der Waals surface area (Å²) in [5, 5.41) is 8.74. The van der Waals surface area contributed by atoms with Crippen LogP contribution in [0.5, 0.6) is 0 Å². The number of hydrogen-bond donors (Lipinski definition) is 3. The molecule has 8 heteroatoms. The Kier molecular flexibility index (Phi) is 7.83. The summed E-state index contributed by atoms with van der Waals surface area (Å²) >= 11 is 0. The third-order valence-corrected chi connectivity index (χ3v) is 6.51. The fourth-order valence-corrected chi connectivity index (χ4v) is 4.13. The first-order chi connectivity index (χ1) is 13.3. The van der Waals surface area contributed by atoms with Gasteiger partial charge in [-0.3, -0.25) is 14.5 Å². The topological polar surface area (TPSA) is 99.8 Å². The minimum absolute atomic E-state index is 0.228. The minimum atomic E-state index is -0.820. The smallest absolute Gasteiger partial charge is 0.325 e. The number of ether oxygens (including phenoxy) is 1. The lowest BCUT2D eigenvalue weighted by atomic mass is 9.65. The van der Waals surface area contributed by atoms with E-state index in [-0.39, 0.29) is 23.8 Å². The Hall–Kier alpha value is -1.67. The van der Waals surface area contributed by atoms with Gasteiger partial charge >= 0.3 is 6.03 Å². The number of methoxy groups -OCH3 is 1. The first-order valence-corrected chi connectivity index (χ1v) is 10.4. The second-order valence-electron chi connectivity index (χ2n) is 8.61. The number of carbonyl (C=O) groups is 3. The van der Waals surface area contributed by atoms with Gasteiger partial charge in [-0.1, -0.05) is 27.2 Å². The van der Waals surface area contributed by atoms with Gasteiger partial charge in [0.15, 0.2) is 0 Å². The lowest BCUT2D eigenvalue weighted by molar-refractivity contribution is -0.136. The third kappa shape index (κ3) is 5.23. The predicted molar refractivity (Wildman–Crippen MR) is 107 cm³/mol. The molecule has 2 aliphatic rings. The van der Waals surface area contributed by atoms with E-state index >= 15 is 0 Å². The van der Waals surface area contributed by atoms with E-state index in [1.165, 1.54) is 0 Å². The SMILES string of the molecule is CCC(C)(C)C1CCC2(CC1)NC(=O)N(CC(=O)NCCNCCOC)C2=O. The van der Waals surface area contributed by atoms with Gasteiger partial charge in [-0.05, 0) is 37.0 Å². The van der Waals surface area contributed by atoms with E-state index in [1.54, 1.807) is 7.11 Å². The molecule has 2 fully saturated rings. The molecule has 160 valence electrons. The van der Waals surface area contributed by atoms with Gasteiger partial charge in [0.2, 0.25) is 5.91 Å². The third-order valence-electron chi connectivity index (χ3n) is 6.51. The Labute approximate surface area is 168 Å². The molecule has 1 aliphatic heterocycles. The van der Waals surface area contributed by atoms with Gasteiger partial charge in [0.25, 0.3) is 5.91 Å². The van der Waals surface area contributed by atoms with Crippen LogP contribution in [-0.2, 0) is 14.3 Å². The number of rotatable bonds is 10. The van der Waals surface area contributed by atoms with Crippen molar-refractivity contribution in [3.63, 3.8) is 0 Å². The number of urea groups is 1. The molecule has 4 amide bonds. The zero-order valence-electron chi connectivity index (χ0n) is 17.7. The lowest BCUT2D eigenvalue weighted by Gasteiger charge is -2.42. The van der Waals surface area contributed by atoms with Crippen molar-refractivity contribution < 1.29 is 19.1 Å². The molecule has 0 aromatic carbocycles. The molecule has 1 aliphatic carbocycles. The fourth-order valence-electron chi connectivity index (χ4n) is 4.13. The monoisotopic (exact) mass is 396 g/mol. The Bertz CT molecular complexity index is 571. The van der Waals surface area contributed by atoms with E-state index in [0.29, 0.717) is 45.0 Å². The van der Waals surface area contributed by atoms with E-state index in [2.05, 4.69) is 36.7 Å². The first kappa shape index (κ1) is 22.6. The van der Waals surface area contributed by atoms with E-state index in [0.717, 1.165) is 24.2 Å². The van der Waals surface area contributed by atoms with Crippen molar-refractivity contribution >= 4 is 17.8 Å². The van der Waals surface area contributed by atoms with Crippen molar-refractivity contribution in [1.82, 2.24) is 20.9 Å². The maximum Gasteiger partial charge on any atom is 0.325 e. The Morgan fingerprint density at radius 1 is 1.25 bits per heavy atom. The summed E-state index contributed by atoms with van der Waals surface area (Å²) < 4.78 is 4.93. The van der Waals surface area contributed by atoms with Gasteiger partial charge < -0.3 is 20.7 Å². The predicted octanol–water partition coefficient (Wildman–Crippen LogP) is 1.26. The second kappa shape index (κ2) is 9.69. The summed E-state index contributed by atoms with van der Waals surface area (Å²) in [5.74, 6) is -0.0238. The van der Waals surface area contributed by atoms with Gasteiger partial charge in [-0.2, -0.15) is 0 Å². The van der Waals surface area contributed by atoms with Crippen molar-refractivity contribution in [3.05, 3.63) is 0 Å². The van der Waals surface area contributed by atoms with Crippen molar-refractivity contribution in [2.24, 2.45) is 11.3 Å². The highest BCUT2D eigenvalue weighted by Gasteiger charge is 2.53. The van der Waals surface area contributed by atoms with Crippen molar-refractivity contribution in [2.75, 3.05) is 39.9 Å². The Balaban J connectivity index is 1.82. The molecular weight excluding hydrogens is 360 g/mol. The van der Waals surface area contributed by atoms with Crippen molar-refractivity contribution in [2.45, 2.75) is 58.4 Å². The summed E-state index contributed by atoms with van der Waals surface area (Å²) in [4.78, 5) is 38.5. The Morgan fingerprint density at radius 3 is 2.54 bits per heavy atom. The fraction of sp³-hybridized carbons (Fsp3) is 0.850. The zero-order valence-corrected chi connectivity index (χ0v) is 17.7. The van der Waals surface area contributed by atoms with Crippen LogP contribution in [0.3, 0.4) is 0 Å². The highest BCUT2D eigenvalue weighted by Crippen LogP contribution is 2.45. The lowest BCUT2D eigenvalue weighted by Crippen LogP contribution is -2.51. The Morgan fingerprint density at radius 2 is 1.93 bits per heavy atom. The molecule has 0 aromatic rings. The molecule has 1 spiro atoms. The number of nitrogens with one attached hydrogen (secondary N) is 3. The molecule has 1 saturated heterocycles. The molecule has 0 bridgehead atoms. The van der Waals surface area contributed by atoms with Crippen LogP contribution in [0.4, 0.5) is 4.79 Å². The number of imide groups is 1. The zero-order chi connectivity index (χ0) is 20.8. The summed E-state index contributed by atoms with van der Waals surface area (Å²) in [6.45, 7) is 8.86. The number of carbonyl (C=O) groups excluding carboxylic acids is 3. The van der Waals surface area contributed by atoms with Crippen LogP contribution in [-0.4, -0.2) is 68.2 Å². The van der Waals surface area contributed by atoms with E-state index < -0.39 is 11.6 Å². The number of nitrogens with zero attached hydrogens (tertiary/aromatic N) is 1. The molecule has 1 saturated carbocycles. The molecular formula is C20H36N4O4. The summed E-state index contributed by atoms with van der Waals surface area (Å²) in [6.07, 6.45) is 4.22. The van der Waals surface area contributed by atoms with Crippen LogP contribution in [0.15, 0.2) is 0 Å². The normalized spacial score (nSPS) is 25.3. The molecule has 28 heavy (non-hydrogen) atoms. The van der Waals surface area contributed by atoms with Crippen molar-refractivity contribution in [3.8, 4) is 0 Å². The summed E-state index contributed by atoms with van der Waals surface area (Å²) in [7, 11) is 1.63. The number of hydrogen-bond acceptors (Lipinski definition) is 5. The van der Waals surface area contributed by atoms with Gasteiger partial charge in [0.1, 0.15) is 12.1 Å². The molecule has 0 aromatic heterocycles. The minimum Gasteiger partial charge on any atom is -0.383 e. The van der Waals surface area contributed by atoms with Gasteiger partial charge in [-0.15, -0.1) is 0 Å².